The number of carbonyl (C=O) groups excluding carboxylic acids is 1. The van der Waals surface area contributed by atoms with Gasteiger partial charge in [0.1, 0.15) is 0 Å². The fraction of sp³-hybridized carbons (Fsp3) is 0.909. The van der Waals surface area contributed by atoms with E-state index < -0.39 is 0 Å². The Morgan fingerprint density at radius 3 is 2.43 bits per heavy atom. The number of piperazine rings is 1. The maximum atomic E-state index is 11.0. The van der Waals surface area contributed by atoms with Crippen molar-refractivity contribution in [2.24, 2.45) is 0 Å². The zero-order valence-electron chi connectivity index (χ0n) is 9.89. The van der Waals surface area contributed by atoms with Gasteiger partial charge < -0.3 is 10.6 Å². The number of amides is 1. The van der Waals surface area contributed by atoms with E-state index in [9.17, 15) is 4.79 Å². The summed E-state index contributed by atoms with van der Waals surface area (Å²) < 4.78 is 0. The molecule has 0 aromatic heterocycles. The fourth-order valence-electron chi connectivity index (χ4n) is 1.74. The van der Waals surface area contributed by atoms with Gasteiger partial charge in [-0.05, 0) is 12.8 Å². The summed E-state index contributed by atoms with van der Waals surface area (Å²) >= 11 is 0. The van der Waals surface area contributed by atoms with Gasteiger partial charge in [-0.2, -0.15) is 0 Å². The molecule has 0 aromatic rings. The molecule has 0 aliphatic carbocycles. The molecule has 1 fully saturated rings. The monoisotopic (exact) mass is 200 g/mol. The first-order chi connectivity index (χ1) is 6.77. The summed E-state index contributed by atoms with van der Waals surface area (Å²) in [4.78, 5) is 11.0. The predicted octanol–water partition coefficient (Wildman–Crippen LogP) is 1.68. The Kier molecular flexibility index (Phi) is 7.48. The van der Waals surface area contributed by atoms with Crippen molar-refractivity contribution >= 4 is 5.91 Å². The average molecular weight is 200 g/mol. The van der Waals surface area contributed by atoms with Crippen molar-refractivity contribution in [2.75, 3.05) is 6.54 Å². The molecule has 1 heterocycles. The van der Waals surface area contributed by atoms with Crippen molar-refractivity contribution in [3.63, 3.8) is 0 Å². The van der Waals surface area contributed by atoms with Crippen molar-refractivity contribution in [1.29, 1.82) is 0 Å². The summed E-state index contributed by atoms with van der Waals surface area (Å²) in [5, 5.41) is 6.26. The molecule has 2 unspecified atom stereocenters. The number of hydrogen-bond donors (Lipinski definition) is 2. The van der Waals surface area contributed by atoms with Gasteiger partial charge in [-0.1, -0.05) is 34.1 Å². The highest BCUT2D eigenvalue weighted by atomic mass is 16.2. The molecule has 3 heteroatoms. The van der Waals surface area contributed by atoms with Gasteiger partial charge in [0.2, 0.25) is 5.91 Å². The Bertz CT molecular complexity index is 159. The maximum Gasteiger partial charge on any atom is 0.234 e. The van der Waals surface area contributed by atoms with Gasteiger partial charge in [-0.25, -0.2) is 0 Å². The molecule has 0 aromatic carbocycles. The smallest absolute Gasteiger partial charge is 0.234 e. The number of hydrogen-bond acceptors (Lipinski definition) is 2. The predicted molar refractivity (Wildman–Crippen MR) is 60.3 cm³/mol. The molecular weight excluding hydrogens is 176 g/mol. The lowest BCUT2D eigenvalue weighted by Crippen LogP contribution is -2.58. The van der Waals surface area contributed by atoms with E-state index in [1.165, 1.54) is 0 Å². The molecule has 0 saturated carbocycles. The minimum Gasteiger partial charge on any atom is -0.351 e. The summed E-state index contributed by atoms with van der Waals surface area (Å²) in [5.41, 5.74) is 0. The second-order valence-electron chi connectivity index (χ2n) is 3.36. The summed E-state index contributed by atoms with van der Waals surface area (Å²) in [5.74, 6) is 0.137. The third-order valence-electron chi connectivity index (χ3n) is 2.40. The first-order valence-corrected chi connectivity index (χ1v) is 5.80. The van der Waals surface area contributed by atoms with Crippen LogP contribution in [0.1, 0.15) is 47.0 Å². The van der Waals surface area contributed by atoms with Crippen LogP contribution in [-0.2, 0) is 4.79 Å². The largest absolute Gasteiger partial charge is 0.351 e. The molecule has 1 aliphatic heterocycles. The first kappa shape index (κ1) is 13.4. The molecule has 2 atom stereocenters. The van der Waals surface area contributed by atoms with Crippen molar-refractivity contribution in [3.05, 3.63) is 0 Å². The second kappa shape index (κ2) is 7.80. The van der Waals surface area contributed by atoms with Crippen LogP contribution < -0.4 is 10.6 Å². The molecular formula is C11H24N2O. The molecule has 0 bridgehead atoms. The quantitative estimate of drug-likeness (QED) is 0.727. The Morgan fingerprint density at radius 2 is 1.93 bits per heavy atom. The molecule has 1 rings (SSSR count). The minimum atomic E-state index is 0.137. The number of carbonyl (C=O) groups is 1. The highest BCUT2D eigenvalue weighted by molar-refractivity contribution is 5.79. The third-order valence-corrected chi connectivity index (χ3v) is 2.40. The van der Waals surface area contributed by atoms with E-state index in [0.29, 0.717) is 18.6 Å². The van der Waals surface area contributed by atoms with Crippen LogP contribution >= 0.6 is 0 Å². The van der Waals surface area contributed by atoms with Crippen molar-refractivity contribution in [3.8, 4) is 0 Å². The third kappa shape index (κ3) is 4.09. The molecule has 3 nitrogen and oxygen atoms in total. The Hall–Kier alpha value is -0.570. The van der Waals surface area contributed by atoms with Gasteiger partial charge >= 0.3 is 0 Å². The molecule has 1 saturated heterocycles. The molecule has 0 spiro atoms. The molecule has 0 radical (unpaired) electrons. The van der Waals surface area contributed by atoms with Gasteiger partial charge in [0.25, 0.3) is 0 Å². The van der Waals surface area contributed by atoms with Crippen LogP contribution in [0.15, 0.2) is 0 Å². The van der Waals surface area contributed by atoms with Gasteiger partial charge in [0.05, 0.1) is 6.54 Å². The van der Waals surface area contributed by atoms with Crippen LogP contribution in [-0.4, -0.2) is 24.5 Å². The van der Waals surface area contributed by atoms with E-state index >= 15 is 0 Å². The van der Waals surface area contributed by atoms with Crippen LogP contribution in [0.4, 0.5) is 0 Å². The van der Waals surface area contributed by atoms with Crippen molar-refractivity contribution < 1.29 is 4.79 Å². The van der Waals surface area contributed by atoms with Crippen LogP contribution in [0.25, 0.3) is 0 Å². The molecule has 1 aliphatic rings. The fourth-order valence-corrected chi connectivity index (χ4v) is 1.74. The van der Waals surface area contributed by atoms with Gasteiger partial charge in [-0.3, -0.25) is 4.79 Å². The lowest BCUT2D eigenvalue weighted by molar-refractivity contribution is -0.123. The molecule has 2 N–H and O–H groups in total. The topological polar surface area (TPSA) is 41.1 Å². The van der Waals surface area contributed by atoms with E-state index in [2.05, 4.69) is 24.5 Å². The zero-order chi connectivity index (χ0) is 11.0. The summed E-state index contributed by atoms with van der Waals surface area (Å²) in [7, 11) is 0. The lowest BCUT2D eigenvalue weighted by Gasteiger charge is -2.32. The normalized spacial score (nSPS) is 26.1. The van der Waals surface area contributed by atoms with Crippen LogP contribution in [0.5, 0.6) is 0 Å². The van der Waals surface area contributed by atoms with Crippen molar-refractivity contribution in [1.82, 2.24) is 10.6 Å². The number of nitrogens with one attached hydrogen (secondary N) is 2. The molecule has 1 amide bonds. The molecule has 14 heavy (non-hydrogen) atoms. The number of rotatable bonds is 3. The summed E-state index contributed by atoms with van der Waals surface area (Å²) in [6.45, 7) is 8.78. The van der Waals surface area contributed by atoms with Crippen LogP contribution in [0, 0.1) is 0 Å². The SMILES string of the molecule is CC.CCCC1NC(=O)CNC1CC. The molecule has 84 valence electrons. The van der Waals surface area contributed by atoms with E-state index in [4.69, 9.17) is 0 Å². The highest BCUT2D eigenvalue weighted by Gasteiger charge is 2.25. The van der Waals surface area contributed by atoms with E-state index in [-0.39, 0.29) is 5.91 Å². The standard InChI is InChI=1S/C9H18N2O.C2H6/c1-3-5-8-7(4-2)10-6-9(12)11-8;1-2/h7-8,10H,3-6H2,1-2H3,(H,11,12);1-2H3. The maximum absolute atomic E-state index is 11.0. The first-order valence-electron chi connectivity index (χ1n) is 5.80. The van der Waals surface area contributed by atoms with Gasteiger partial charge in [0, 0.05) is 12.1 Å². The summed E-state index contributed by atoms with van der Waals surface area (Å²) in [6.07, 6.45) is 3.30. The van der Waals surface area contributed by atoms with E-state index in [1.807, 2.05) is 13.8 Å². The Morgan fingerprint density at radius 1 is 1.29 bits per heavy atom. The van der Waals surface area contributed by atoms with Crippen LogP contribution in [0.2, 0.25) is 0 Å². The Balaban J connectivity index is 0.000000791. The summed E-state index contributed by atoms with van der Waals surface area (Å²) in [6, 6.07) is 0.823. The van der Waals surface area contributed by atoms with Gasteiger partial charge in [0.15, 0.2) is 0 Å². The van der Waals surface area contributed by atoms with Gasteiger partial charge in [-0.15, -0.1) is 0 Å². The average Bonchev–Trinajstić information content (AvgIpc) is 2.22. The second-order valence-corrected chi connectivity index (χ2v) is 3.36. The highest BCUT2D eigenvalue weighted by Crippen LogP contribution is 2.08. The Labute approximate surface area is 87.6 Å². The van der Waals surface area contributed by atoms with E-state index in [0.717, 1.165) is 19.3 Å². The van der Waals surface area contributed by atoms with E-state index in [1.54, 1.807) is 0 Å². The van der Waals surface area contributed by atoms with Crippen LogP contribution in [0.3, 0.4) is 0 Å². The van der Waals surface area contributed by atoms with Crippen molar-refractivity contribution in [2.45, 2.75) is 59.0 Å². The lowest BCUT2D eigenvalue weighted by atomic mass is 9.99. The zero-order valence-corrected chi connectivity index (χ0v) is 9.89. The minimum absolute atomic E-state index is 0.137.